The number of carbonyl (C=O) groups excluding carboxylic acids is 2. The summed E-state index contributed by atoms with van der Waals surface area (Å²) >= 11 is 0. The molecule has 2 amide bonds. The molecular weight excluding hydrogens is 357 g/mol. The smallest absolute Gasteiger partial charge is 0.242 e. The first kappa shape index (κ1) is 19.9. The molecule has 0 aliphatic carbocycles. The van der Waals surface area contributed by atoms with Gasteiger partial charge in [0, 0.05) is 37.3 Å². The maximum Gasteiger partial charge on any atom is 0.242 e. The van der Waals surface area contributed by atoms with Crippen LogP contribution in [0.4, 0.5) is 10.1 Å². The molecule has 0 bridgehead atoms. The molecule has 0 saturated carbocycles. The summed E-state index contributed by atoms with van der Waals surface area (Å²) in [6.45, 7) is 3.48. The van der Waals surface area contributed by atoms with Crippen LogP contribution in [0.2, 0.25) is 0 Å². The minimum atomic E-state index is -0.438. The van der Waals surface area contributed by atoms with Gasteiger partial charge in [0.25, 0.3) is 0 Å². The van der Waals surface area contributed by atoms with Crippen LogP contribution in [0, 0.1) is 12.7 Å². The maximum absolute atomic E-state index is 14.2. The van der Waals surface area contributed by atoms with Gasteiger partial charge in [0.2, 0.25) is 11.8 Å². The van der Waals surface area contributed by atoms with E-state index in [2.05, 4.69) is 0 Å². The second-order valence-electron chi connectivity index (χ2n) is 7.23. The monoisotopic (exact) mass is 383 g/mol. The van der Waals surface area contributed by atoms with Gasteiger partial charge in [-0.1, -0.05) is 36.4 Å². The fourth-order valence-corrected chi connectivity index (χ4v) is 3.73. The normalized spacial score (nSPS) is 13.1. The van der Waals surface area contributed by atoms with Crippen molar-refractivity contribution in [3.63, 3.8) is 0 Å². The Morgan fingerprint density at radius 1 is 1.18 bits per heavy atom. The number of carbonyl (C=O) groups is 2. The van der Waals surface area contributed by atoms with Crippen LogP contribution in [0.25, 0.3) is 0 Å². The van der Waals surface area contributed by atoms with Crippen LogP contribution < -0.4 is 10.6 Å². The van der Waals surface area contributed by atoms with Gasteiger partial charge in [-0.3, -0.25) is 9.59 Å². The zero-order valence-electron chi connectivity index (χ0n) is 16.2. The number of anilines is 1. The van der Waals surface area contributed by atoms with Crippen LogP contribution >= 0.6 is 0 Å². The first-order valence-electron chi connectivity index (χ1n) is 9.58. The average molecular weight is 383 g/mol. The molecule has 1 aliphatic heterocycles. The number of aryl methyl sites for hydroxylation is 1. The average Bonchev–Trinajstić information content (AvgIpc) is 2.68. The van der Waals surface area contributed by atoms with Crippen LogP contribution in [0.5, 0.6) is 0 Å². The molecule has 0 saturated heterocycles. The lowest BCUT2D eigenvalue weighted by Crippen LogP contribution is -2.43. The van der Waals surface area contributed by atoms with Gasteiger partial charge in [0.1, 0.15) is 5.82 Å². The molecular formula is C22H26FN3O2. The maximum atomic E-state index is 14.2. The van der Waals surface area contributed by atoms with E-state index in [1.54, 1.807) is 11.0 Å². The molecule has 1 heterocycles. The summed E-state index contributed by atoms with van der Waals surface area (Å²) in [6, 6.07) is 12.9. The summed E-state index contributed by atoms with van der Waals surface area (Å²) in [6.07, 6.45) is 1.60. The standard InChI is InChI=1S/C22H26FN3O2/c1-16-9-10-19(23)18-8-5-12-26(22(16)18)15-21(28)25(13-11-20(24)27)14-17-6-3-2-4-7-17/h2-4,6-7,9-10H,5,8,11-15H2,1H3,(H2,24,27). The number of fused-ring (bicyclic) bond motifs is 1. The van der Waals surface area contributed by atoms with Crippen molar-refractivity contribution in [3.05, 3.63) is 65.0 Å². The summed E-state index contributed by atoms with van der Waals surface area (Å²) in [5, 5.41) is 0. The van der Waals surface area contributed by atoms with Crippen LogP contribution in [0.1, 0.15) is 29.5 Å². The van der Waals surface area contributed by atoms with Gasteiger partial charge in [-0.05, 0) is 37.0 Å². The highest BCUT2D eigenvalue weighted by Crippen LogP contribution is 2.32. The third-order valence-electron chi connectivity index (χ3n) is 5.12. The second kappa shape index (κ2) is 8.87. The first-order valence-corrected chi connectivity index (χ1v) is 9.58. The lowest BCUT2D eigenvalue weighted by atomic mass is 9.97. The predicted octanol–water partition coefficient (Wildman–Crippen LogP) is 2.79. The minimum Gasteiger partial charge on any atom is -0.370 e. The van der Waals surface area contributed by atoms with E-state index in [-0.39, 0.29) is 31.2 Å². The number of benzene rings is 2. The molecule has 2 aromatic rings. The summed E-state index contributed by atoms with van der Waals surface area (Å²) in [7, 11) is 0. The number of primary amides is 1. The fourth-order valence-electron chi connectivity index (χ4n) is 3.73. The van der Waals surface area contributed by atoms with E-state index in [0.29, 0.717) is 25.1 Å². The SMILES string of the molecule is Cc1ccc(F)c2c1N(CC(=O)N(CCC(N)=O)Cc1ccccc1)CCC2. The van der Waals surface area contributed by atoms with Gasteiger partial charge >= 0.3 is 0 Å². The Balaban J connectivity index is 1.79. The number of hydrogen-bond donors (Lipinski definition) is 1. The molecule has 148 valence electrons. The highest BCUT2D eigenvalue weighted by atomic mass is 19.1. The van der Waals surface area contributed by atoms with E-state index in [4.69, 9.17) is 5.73 Å². The number of amides is 2. The van der Waals surface area contributed by atoms with Crippen LogP contribution in [-0.2, 0) is 22.6 Å². The van der Waals surface area contributed by atoms with Crippen LogP contribution in [-0.4, -0.2) is 36.3 Å². The third kappa shape index (κ3) is 4.68. The van der Waals surface area contributed by atoms with Crippen molar-refractivity contribution in [1.29, 1.82) is 0 Å². The highest BCUT2D eigenvalue weighted by molar-refractivity contribution is 5.83. The van der Waals surface area contributed by atoms with Crippen molar-refractivity contribution in [3.8, 4) is 0 Å². The van der Waals surface area contributed by atoms with Gasteiger partial charge in [-0.15, -0.1) is 0 Å². The zero-order valence-corrected chi connectivity index (χ0v) is 16.2. The molecule has 6 heteroatoms. The summed E-state index contributed by atoms with van der Waals surface area (Å²) in [4.78, 5) is 27.9. The molecule has 0 atom stereocenters. The Hall–Kier alpha value is -2.89. The summed E-state index contributed by atoms with van der Waals surface area (Å²) in [5.41, 5.74) is 8.76. The number of nitrogens with two attached hydrogens (primary N) is 1. The predicted molar refractivity (Wildman–Crippen MR) is 107 cm³/mol. The first-order chi connectivity index (χ1) is 13.5. The van der Waals surface area contributed by atoms with Crippen molar-refractivity contribution in [1.82, 2.24) is 4.90 Å². The highest BCUT2D eigenvalue weighted by Gasteiger charge is 2.25. The van der Waals surface area contributed by atoms with Gasteiger partial charge in [-0.25, -0.2) is 4.39 Å². The number of nitrogens with zero attached hydrogens (tertiary/aromatic N) is 2. The molecule has 2 aromatic carbocycles. The van der Waals surface area contributed by atoms with E-state index < -0.39 is 5.91 Å². The molecule has 3 rings (SSSR count). The van der Waals surface area contributed by atoms with Crippen molar-refractivity contribution in [2.75, 3.05) is 24.5 Å². The quantitative estimate of drug-likeness (QED) is 0.800. The van der Waals surface area contributed by atoms with Gasteiger partial charge in [-0.2, -0.15) is 0 Å². The number of hydrogen-bond acceptors (Lipinski definition) is 3. The molecule has 5 nitrogen and oxygen atoms in total. The second-order valence-corrected chi connectivity index (χ2v) is 7.23. The van der Waals surface area contributed by atoms with Gasteiger partial charge < -0.3 is 15.5 Å². The molecule has 0 radical (unpaired) electrons. The number of rotatable bonds is 7. The van der Waals surface area contributed by atoms with Gasteiger partial charge in [0.05, 0.1) is 6.54 Å². The lowest BCUT2D eigenvalue weighted by Gasteiger charge is -2.34. The third-order valence-corrected chi connectivity index (χ3v) is 5.12. The topological polar surface area (TPSA) is 66.6 Å². The van der Waals surface area contributed by atoms with E-state index in [0.717, 1.165) is 23.2 Å². The van der Waals surface area contributed by atoms with Crippen LogP contribution in [0.3, 0.4) is 0 Å². The van der Waals surface area contributed by atoms with Gasteiger partial charge in [0.15, 0.2) is 0 Å². The molecule has 28 heavy (non-hydrogen) atoms. The Bertz CT molecular complexity index is 854. The van der Waals surface area contributed by atoms with Crippen LogP contribution in [0.15, 0.2) is 42.5 Å². The van der Waals surface area contributed by atoms with Crippen molar-refractivity contribution >= 4 is 17.5 Å². The zero-order chi connectivity index (χ0) is 20.1. The Labute approximate surface area is 164 Å². The Morgan fingerprint density at radius 2 is 1.93 bits per heavy atom. The number of halogens is 1. The van der Waals surface area contributed by atoms with E-state index >= 15 is 0 Å². The van der Waals surface area contributed by atoms with Crippen molar-refractivity contribution in [2.45, 2.75) is 32.7 Å². The Morgan fingerprint density at radius 3 is 2.64 bits per heavy atom. The Kier molecular flexibility index (Phi) is 6.29. The van der Waals surface area contributed by atoms with E-state index in [9.17, 15) is 14.0 Å². The summed E-state index contributed by atoms with van der Waals surface area (Å²) in [5.74, 6) is -0.749. The molecule has 0 unspecified atom stereocenters. The van der Waals surface area contributed by atoms with Crippen molar-refractivity contribution < 1.29 is 14.0 Å². The fraction of sp³-hybridized carbons (Fsp3) is 0.364. The molecule has 1 aliphatic rings. The largest absolute Gasteiger partial charge is 0.370 e. The minimum absolute atomic E-state index is 0.0957. The molecule has 2 N–H and O–H groups in total. The molecule has 0 fully saturated rings. The van der Waals surface area contributed by atoms with E-state index in [1.165, 1.54) is 6.07 Å². The molecule has 0 aromatic heterocycles. The molecule has 0 spiro atoms. The van der Waals surface area contributed by atoms with Crippen molar-refractivity contribution in [2.24, 2.45) is 5.73 Å². The summed E-state index contributed by atoms with van der Waals surface area (Å²) < 4.78 is 14.2. The lowest BCUT2D eigenvalue weighted by molar-refractivity contribution is -0.131. The van der Waals surface area contributed by atoms with E-state index in [1.807, 2.05) is 42.2 Å².